The highest BCUT2D eigenvalue weighted by molar-refractivity contribution is 7.99. The molecule has 11 heteroatoms. The number of aliphatic hydroxyl groups is 1. The Morgan fingerprint density at radius 2 is 1.69 bits per heavy atom. The summed E-state index contributed by atoms with van der Waals surface area (Å²) in [4.78, 5) is 46.2. The van der Waals surface area contributed by atoms with Crippen LogP contribution in [0.15, 0.2) is 0 Å². The quantitative estimate of drug-likeness (QED) is 0.0789. The van der Waals surface area contributed by atoms with Crippen molar-refractivity contribution in [1.82, 2.24) is 5.32 Å². The number of carbonyl (C=O) groups is 4. The van der Waals surface area contributed by atoms with Gasteiger partial charge in [-0.3, -0.25) is 14.4 Å². The maximum atomic E-state index is 12.1. The highest BCUT2D eigenvalue weighted by atomic mass is 32.2. The van der Waals surface area contributed by atoms with Crippen LogP contribution in [0.1, 0.15) is 77.6 Å². The van der Waals surface area contributed by atoms with Gasteiger partial charge in [-0.2, -0.15) is 11.8 Å². The van der Waals surface area contributed by atoms with E-state index in [1.165, 1.54) is 50.3 Å². The number of thioether (sulfide) groups is 1. The maximum absolute atomic E-state index is 12.1. The minimum absolute atomic E-state index is 0.0123. The maximum Gasteiger partial charge on any atom is 0.330 e. The molecule has 0 fully saturated rings. The molecule has 3 atom stereocenters. The Bertz CT molecular complexity index is 594. The molecular weight excluding hydrogens is 476 g/mol. The second-order valence-corrected chi connectivity index (χ2v) is 9.49. The van der Waals surface area contributed by atoms with E-state index in [1.54, 1.807) is 0 Å². The Balaban J connectivity index is 3.98. The fourth-order valence-corrected chi connectivity index (χ4v) is 4.10. The number of carbonyl (C=O) groups excluding carboxylic acids is 4. The third kappa shape index (κ3) is 18.1. The van der Waals surface area contributed by atoms with Crippen LogP contribution in [-0.4, -0.2) is 79.4 Å². The van der Waals surface area contributed by atoms with Crippen LogP contribution >= 0.6 is 11.8 Å². The molecule has 0 spiro atoms. The van der Waals surface area contributed by atoms with Gasteiger partial charge >= 0.3 is 11.9 Å². The summed E-state index contributed by atoms with van der Waals surface area (Å²) in [5.41, 5.74) is 5.78. The van der Waals surface area contributed by atoms with Crippen LogP contribution in [0.3, 0.4) is 0 Å². The molecule has 35 heavy (non-hydrogen) atoms. The molecule has 0 aliphatic heterocycles. The summed E-state index contributed by atoms with van der Waals surface area (Å²) in [7, 11) is 1.15. The minimum atomic E-state index is -1.17. The van der Waals surface area contributed by atoms with E-state index < -0.39 is 42.6 Å². The van der Waals surface area contributed by atoms with Crippen LogP contribution in [0.2, 0.25) is 0 Å². The predicted octanol–water partition coefficient (Wildman–Crippen LogP) is 2.09. The van der Waals surface area contributed by atoms with Gasteiger partial charge in [-0.15, -0.1) is 0 Å². The Labute approximate surface area is 213 Å². The third-order valence-corrected chi connectivity index (χ3v) is 6.43. The van der Waals surface area contributed by atoms with Crippen LogP contribution < -0.4 is 11.1 Å². The third-order valence-electron chi connectivity index (χ3n) is 5.38. The molecule has 0 radical (unpaired) electrons. The first-order valence-corrected chi connectivity index (χ1v) is 13.6. The number of amides is 1. The van der Waals surface area contributed by atoms with Crippen molar-refractivity contribution >= 4 is 36.1 Å². The first kappa shape index (κ1) is 33.1. The lowest BCUT2D eigenvalue weighted by atomic mass is 10.0. The van der Waals surface area contributed by atoms with Crippen LogP contribution in [0.4, 0.5) is 0 Å². The smallest absolute Gasteiger partial charge is 0.330 e. The molecule has 4 N–H and O–H groups in total. The normalized spacial score (nSPS) is 13.4. The Hall–Kier alpha value is -1.85. The number of nitrogens with one attached hydrogen (secondary N) is 1. The molecule has 0 rings (SSSR count). The number of rotatable bonds is 23. The molecule has 204 valence electrons. The highest BCUT2D eigenvalue weighted by Gasteiger charge is 2.23. The Morgan fingerprint density at radius 3 is 2.26 bits per heavy atom. The monoisotopic (exact) mass is 520 g/mol. The van der Waals surface area contributed by atoms with Crippen LogP contribution in [0.25, 0.3) is 0 Å². The highest BCUT2D eigenvalue weighted by Crippen LogP contribution is 2.14. The van der Waals surface area contributed by atoms with Gasteiger partial charge in [-0.1, -0.05) is 58.3 Å². The van der Waals surface area contributed by atoms with E-state index >= 15 is 0 Å². The van der Waals surface area contributed by atoms with Crippen molar-refractivity contribution in [2.45, 2.75) is 95.7 Å². The van der Waals surface area contributed by atoms with Crippen molar-refractivity contribution in [3.63, 3.8) is 0 Å². The number of aliphatic hydroxyl groups excluding tert-OH is 1. The lowest BCUT2D eigenvalue weighted by molar-refractivity contribution is -0.148. The largest absolute Gasteiger partial charge is 0.467 e. The van der Waals surface area contributed by atoms with Gasteiger partial charge in [-0.25, -0.2) is 4.79 Å². The van der Waals surface area contributed by atoms with Crippen LogP contribution in [-0.2, 0) is 33.4 Å². The molecule has 10 nitrogen and oxygen atoms in total. The summed E-state index contributed by atoms with van der Waals surface area (Å²) in [5.74, 6) is -1.14. The van der Waals surface area contributed by atoms with Gasteiger partial charge < -0.3 is 30.4 Å². The Kier molecular flexibility index (Phi) is 21.4. The van der Waals surface area contributed by atoms with E-state index in [-0.39, 0.29) is 18.8 Å². The molecule has 0 aromatic carbocycles. The SMILES string of the molecule is CCCCCCCCCCCC(CC(=O)OCCSCC(N)C(=O)NC(CO)C(=O)OC)OC=O. The Morgan fingerprint density at radius 1 is 1.06 bits per heavy atom. The van der Waals surface area contributed by atoms with Gasteiger partial charge in [0.2, 0.25) is 5.91 Å². The lowest BCUT2D eigenvalue weighted by Gasteiger charge is -2.17. The minimum Gasteiger partial charge on any atom is -0.467 e. The number of hydrogen-bond acceptors (Lipinski definition) is 10. The molecule has 0 saturated carbocycles. The van der Waals surface area contributed by atoms with E-state index in [1.807, 2.05) is 0 Å². The predicted molar refractivity (Wildman–Crippen MR) is 135 cm³/mol. The average molecular weight is 521 g/mol. The van der Waals surface area contributed by atoms with E-state index in [0.29, 0.717) is 18.6 Å². The number of hydrogen-bond donors (Lipinski definition) is 3. The van der Waals surface area contributed by atoms with E-state index in [9.17, 15) is 19.2 Å². The van der Waals surface area contributed by atoms with Crippen molar-refractivity contribution in [1.29, 1.82) is 0 Å². The molecule has 1 amide bonds. The first-order chi connectivity index (χ1) is 16.9. The molecule has 3 unspecified atom stereocenters. The van der Waals surface area contributed by atoms with Gasteiger partial charge in [0.05, 0.1) is 26.2 Å². The number of esters is 2. The fraction of sp³-hybridized carbons (Fsp3) is 0.833. The van der Waals surface area contributed by atoms with Crippen molar-refractivity contribution in [3.8, 4) is 0 Å². The summed E-state index contributed by atoms with van der Waals surface area (Å²) >= 11 is 1.31. The molecule has 0 aliphatic carbocycles. The number of ether oxygens (including phenoxy) is 3. The summed E-state index contributed by atoms with van der Waals surface area (Å²) in [6.45, 7) is 2.11. The van der Waals surface area contributed by atoms with Crippen LogP contribution in [0, 0.1) is 0 Å². The van der Waals surface area contributed by atoms with E-state index in [4.69, 9.17) is 20.3 Å². The number of methoxy groups -OCH3 is 1. The molecule has 0 bridgehead atoms. The molecule has 0 saturated heterocycles. The fourth-order valence-electron chi connectivity index (χ4n) is 3.32. The summed E-state index contributed by atoms with van der Waals surface area (Å²) in [6.07, 6.45) is 10.8. The van der Waals surface area contributed by atoms with Crippen molar-refractivity contribution in [2.24, 2.45) is 5.73 Å². The first-order valence-electron chi connectivity index (χ1n) is 12.5. The van der Waals surface area contributed by atoms with Crippen LogP contribution in [0.5, 0.6) is 0 Å². The van der Waals surface area contributed by atoms with Crippen molar-refractivity contribution in [3.05, 3.63) is 0 Å². The van der Waals surface area contributed by atoms with E-state index in [2.05, 4.69) is 17.0 Å². The standard InChI is InChI=1S/C24H44N2O8S/c1-3-4-5-6-7-8-9-10-11-12-19(34-18-28)15-22(29)33-13-14-35-17-20(25)23(30)26-21(16-27)24(31)32-2/h18-21,27H,3-17,25H2,1-2H3,(H,26,30). The summed E-state index contributed by atoms with van der Waals surface area (Å²) < 4.78 is 14.7. The van der Waals surface area contributed by atoms with Gasteiger partial charge in [0.1, 0.15) is 12.7 Å². The van der Waals surface area contributed by atoms with Crippen molar-refractivity contribution in [2.75, 3.05) is 31.8 Å². The summed E-state index contributed by atoms with van der Waals surface area (Å²) in [5, 5.41) is 11.4. The molecular formula is C24H44N2O8S. The molecule has 0 aromatic heterocycles. The summed E-state index contributed by atoms with van der Waals surface area (Å²) in [6, 6.07) is -2.07. The molecule has 0 aromatic rings. The number of nitrogens with two attached hydrogens (primary N) is 1. The zero-order valence-corrected chi connectivity index (χ0v) is 22.0. The zero-order valence-electron chi connectivity index (χ0n) is 21.2. The molecule has 0 aliphatic rings. The van der Waals surface area contributed by atoms with Gasteiger partial charge in [0.15, 0.2) is 6.04 Å². The lowest BCUT2D eigenvalue weighted by Crippen LogP contribution is -2.51. The second-order valence-electron chi connectivity index (χ2n) is 8.34. The van der Waals surface area contributed by atoms with Crippen molar-refractivity contribution < 1.29 is 38.5 Å². The number of unbranched alkanes of at least 4 members (excludes halogenated alkanes) is 8. The van der Waals surface area contributed by atoms with Gasteiger partial charge in [0.25, 0.3) is 6.47 Å². The van der Waals surface area contributed by atoms with Gasteiger partial charge in [0, 0.05) is 11.5 Å². The topological polar surface area (TPSA) is 154 Å². The average Bonchev–Trinajstić information content (AvgIpc) is 2.85. The van der Waals surface area contributed by atoms with E-state index in [0.717, 1.165) is 26.4 Å². The van der Waals surface area contributed by atoms with Gasteiger partial charge in [-0.05, 0) is 12.8 Å². The molecule has 0 heterocycles. The zero-order chi connectivity index (χ0) is 26.3. The second kappa shape index (κ2) is 22.6.